The number of nitrogens with two attached hydrogens (primary N) is 1. The summed E-state index contributed by atoms with van der Waals surface area (Å²) in [5, 5.41) is 0. The van der Waals surface area contributed by atoms with Gasteiger partial charge in [0.15, 0.2) is 0 Å². The molecule has 0 spiro atoms. The lowest BCUT2D eigenvalue weighted by Crippen LogP contribution is -2.37. The van der Waals surface area contributed by atoms with E-state index in [1.807, 2.05) is 11.8 Å². The molecule has 1 aromatic rings. The Balaban J connectivity index is 2.20. The van der Waals surface area contributed by atoms with Crippen molar-refractivity contribution in [3.63, 3.8) is 0 Å². The van der Waals surface area contributed by atoms with Crippen LogP contribution in [-0.2, 0) is 0 Å². The molecule has 2 rings (SSSR count). The molecule has 0 saturated heterocycles. The normalized spacial score (nSPS) is 29.2. The number of hydrogen-bond donors (Lipinski definition) is 2. The number of rotatable bonds is 4. The van der Waals surface area contributed by atoms with Gasteiger partial charge in [0.05, 0.1) is 0 Å². The minimum absolute atomic E-state index is 0.290. The summed E-state index contributed by atoms with van der Waals surface area (Å²) in [6, 6.07) is 8.93. The van der Waals surface area contributed by atoms with E-state index in [0.29, 0.717) is 12.0 Å². The second-order valence-electron chi connectivity index (χ2n) is 5.91. The van der Waals surface area contributed by atoms with Gasteiger partial charge >= 0.3 is 0 Å². The van der Waals surface area contributed by atoms with Crippen LogP contribution in [0.5, 0.6) is 0 Å². The van der Waals surface area contributed by atoms with Crippen LogP contribution in [0.2, 0.25) is 0 Å². The van der Waals surface area contributed by atoms with Crippen molar-refractivity contribution in [3.05, 3.63) is 29.8 Å². The van der Waals surface area contributed by atoms with Gasteiger partial charge in [0, 0.05) is 10.9 Å². The Labute approximate surface area is 121 Å². The lowest BCUT2D eigenvalue weighted by atomic mass is 9.72. The maximum Gasteiger partial charge on any atom is 0.0499 e. The average Bonchev–Trinajstić information content (AvgIpc) is 2.44. The Bertz CT molecular complexity index is 407. The van der Waals surface area contributed by atoms with Crippen LogP contribution in [0.4, 0.5) is 0 Å². The first-order valence-electron chi connectivity index (χ1n) is 7.26. The largest absolute Gasteiger partial charge is 0.271 e. The average molecular weight is 278 g/mol. The van der Waals surface area contributed by atoms with Crippen LogP contribution >= 0.6 is 11.8 Å². The van der Waals surface area contributed by atoms with Gasteiger partial charge in [-0.25, -0.2) is 0 Å². The maximum absolute atomic E-state index is 5.88. The van der Waals surface area contributed by atoms with Crippen LogP contribution in [0.15, 0.2) is 29.2 Å². The summed E-state index contributed by atoms with van der Waals surface area (Å²) in [6.07, 6.45) is 6.02. The van der Waals surface area contributed by atoms with Gasteiger partial charge in [-0.15, -0.1) is 11.8 Å². The summed E-state index contributed by atoms with van der Waals surface area (Å²) in [6.45, 7) is 4.76. The molecule has 4 unspecified atom stereocenters. The first kappa shape index (κ1) is 14.9. The Hall–Kier alpha value is -0.510. The van der Waals surface area contributed by atoms with Crippen LogP contribution in [0.1, 0.15) is 44.7 Å². The van der Waals surface area contributed by atoms with E-state index in [4.69, 9.17) is 5.84 Å². The summed E-state index contributed by atoms with van der Waals surface area (Å²) in [7, 11) is 0. The summed E-state index contributed by atoms with van der Waals surface area (Å²) >= 11 is 1.81. The molecule has 1 aliphatic carbocycles. The lowest BCUT2D eigenvalue weighted by molar-refractivity contribution is 0.170. The third-order valence-corrected chi connectivity index (χ3v) is 5.58. The molecule has 4 atom stereocenters. The van der Waals surface area contributed by atoms with E-state index >= 15 is 0 Å². The highest BCUT2D eigenvalue weighted by molar-refractivity contribution is 7.98. The van der Waals surface area contributed by atoms with Crippen molar-refractivity contribution in [1.29, 1.82) is 0 Å². The monoisotopic (exact) mass is 278 g/mol. The molecule has 1 fully saturated rings. The maximum atomic E-state index is 5.88. The Morgan fingerprint density at radius 3 is 2.58 bits per heavy atom. The zero-order valence-corrected chi connectivity index (χ0v) is 13.0. The highest BCUT2D eigenvalue weighted by Crippen LogP contribution is 2.41. The van der Waals surface area contributed by atoms with Crippen LogP contribution in [0.25, 0.3) is 0 Å². The fraction of sp³-hybridized carbons (Fsp3) is 0.625. The van der Waals surface area contributed by atoms with E-state index in [1.165, 1.54) is 29.7 Å². The highest BCUT2D eigenvalue weighted by Gasteiger charge is 2.31. The number of hydrazine groups is 1. The van der Waals surface area contributed by atoms with E-state index < -0.39 is 0 Å². The Morgan fingerprint density at radius 1 is 1.21 bits per heavy atom. The molecular formula is C16H26N2S. The van der Waals surface area contributed by atoms with Gasteiger partial charge in [0.25, 0.3) is 0 Å². The summed E-state index contributed by atoms with van der Waals surface area (Å²) in [4.78, 5) is 1.34. The fourth-order valence-corrected chi connectivity index (χ4v) is 3.94. The predicted octanol–water partition coefficient (Wildman–Crippen LogP) is 3.99. The molecule has 3 heteroatoms. The minimum atomic E-state index is 0.290. The molecule has 0 aliphatic heterocycles. The van der Waals surface area contributed by atoms with E-state index in [2.05, 4.69) is 49.8 Å². The first-order valence-corrected chi connectivity index (χ1v) is 8.48. The summed E-state index contributed by atoms with van der Waals surface area (Å²) < 4.78 is 0. The van der Waals surface area contributed by atoms with E-state index in [-0.39, 0.29) is 0 Å². The SMILES string of the molecule is CSc1ccccc1C(NN)C1CCC(C)C(C)C1. The highest BCUT2D eigenvalue weighted by atomic mass is 32.2. The molecule has 106 valence electrons. The number of thioether (sulfide) groups is 1. The topological polar surface area (TPSA) is 38.0 Å². The van der Waals surface area contributed by atoms with Crippen molar-refractivity contribution >= 4 is 11.8 Å². The quantitative estimate of drug-likeness (QED) is 0.497. The van der Waals surface area contributed by atoms with Gasteiger partial charge in [-0.3, -0.25) is 11.3 Å². The second kappa shape index (κ2) is 6.78. The van der Waals surface area contributed by atoms with E-state index in [0.717, 1.165) is 11.8 Å². The molecule has 3 N–H and O–H groups in total. The predicted molar refractivity (Wildman–Crippen MR) is 84.0 cm³/mol. The van der Waals surface area contributed by atoms with Crippen molar-refractivity contribution in [2.75, 3.05) is 6.26 Å². The lowest BCUT2D eigenvalue weighted by Gasteiger charge is -2.37. The third-order valence-electron chi connectivity index (χ3n) is 4.76. The molecule has 0 radical (unpaired) electrons. The number of hydrogen-bond acceptors (Lipinski definition) is 3. The molecule has 1 aliphatic rings. The van der Waals surface area contributed by atoms with E-state index in [9.17, 15) is 0 Å². The van der Waals surface area contributed by atoms with Crippen LogP contribution in [0.3, 0.4) is 0 Å². The molecule has 0 amide bonds. The Kier molecular flexibility index (Phi) is 5.31. The van der Waals surface area contributed by atoms with Gasteiger partial charge in [-0.2, -0.15) is 0 Å². The molecule has 0 bridgehead atoms. The number of nitrogens with one attached hydrogen (secondary N) is 1. The van der Waals surface area contributed by atoms with Crippen molar-refractivity contribution < 1.29 is 0 Å². The molecule has 19 heavy (non-hydrogen) atoms. The van der Waals surface area contributed by atoms with Gasteiger partial charge in [0.2, 0.25) is 0 Å². The van der Waals surface area contributed by atoms with E-state index in [1.54, 1.807) is 0 Å². The molecular weight excluding hydrogens is 252 g/mol. The zero-order valence-electron chi connectivity index (χ0n) is 12.2. The molecule has 1 aromatic carbocycles. The second-order valence-corrected chi connectivity index (χ2v) is 6.76. The number of benzene rings is 1. The first-order chi connectivity index (χ1) is 9.17. The van der Waals surface area contributed by atoms with Gasteiger partial charge in [-0.05, 0) is 48.5 Å². The van der Waals surface area contributed by atoms with Crippen LogP contribution in [0, 0.1) is 17.8 Å². The molecule has 0 heterocycles. The third kappa shape index (κ3) is 3.33. The van der Waals surface area contributed by atoms with Gasteiger partial charge < -0.3 is 0 Å². The standard InChI is InChI=1S/C16H26N2S/c1-11-8-9-13(10-12(11)2)16(18-17)14-6-4-5-7-15(14)19-3/h4-7,11-13,16,18H,8-10,17H2,1-3H3. The summed E-state index contributed by atoms with van der Waals surface area (Å²) in [5.74, 6) is 8.19. The zero-order chi connectivity index (χ0) is 13.8. The summed E-state index contributed by atoms with van der Waals surface area (Å²) in [5.41, 5.74) is 4.45. The van der Waals surface area contributed by atoms with Gasteiger partial charge in [-0.1, -0.05) is 38.5 Å². The van der Waals surface area contributed by atoms with Crippen molar-refractivity contribution in [2.24, 2.45) is 23.6 Å². The Morgan fingerprint density at radius 2 is 1.95 bits per heavy atom. The van der Waals surface area contributed by atoms with Crippen molar-refractivity contribution in [3.8, 4) is 0 Å². The van der Waals surface area contributed by atoms with Crippen molar-refractivity contribution in [1.82, 2.24) is 5.43 Å². The van der Waals surface area contributed by atoms with Crippen molar-refractivity contribution in [2.45, 2.75) is 44.0 Å². The molecule has 0 aromatic heterocycles. The van der Waals surface area contributed by atoms with Crippen LogP contribution in [-0.4, -0.2) is 6.26 Å². The molecule has 1 saturated carbocycles. The van der Waals surface area contributed by atoms with Gasteiger partial charge in [0.1, 0.15) is 0 Å². The smallest absolute Gasteiger partial charge is 0.0499 e. The molecule has 2 nitrogen and oxygen atoms in total. The fourth-order valence-electron chi connectivity index (χ4n) is 3.30. The van der Waals surface area contributed by atoms with Crippen LogP contribution < -0.4 is 11.3 Å². The minimum Gasteiger partial charge on any atom is -0.271 e.